The minimum absolute atomic E-state index is 0.0578. The van der Waals surface area contributed by atoms with E-state index in [-0.39, 0.29) is 10.9 Å². The highest BCUT2D eigenvalue weighted by atomic mass is 35.5. The number of alkyl halides is 3. The third-order valence-electron chi connectivity index (χ3n) is 3.09. The Balaban J connectivity index is 1.83. The molecule has 0 N–H and O–H groups in total. The van der Waals surface area contributed by atoms with Crippen LogP contribution in [-0.4, -0.2) is 4.98 Å². The van der Waals surface area contributed by atoms with Crippen molar-refractivity contribution in [2.45, 2.75) is 11.1 Å². The number of hydrogen-bond acceptors (Lipinski definition) is 3. The van der Waals surface area contributed by atoms with Crippen LogP contribution in [0.4, 0.5) is 13.2 Å². The summed E-state index contributed by atoms with van der Waals surface area (Å²) in [7, 11) is 0. The fourth-order valence-corrected chi connectivity index (χ4v) is 2.96. The molecule has 3 aromatic rings. The molecule has 1 heterocycles. The van der Waals surface area contributed by atoms with Crippen LogP contribution in [0.5, 0.6) is 5.88 Å². The van der Waals surface area contributed by atoms with Crippen LogP contribution in [0.2, 0.25) is 5.02 Å². The van der Waals surface area contributed by atoms with Gasteiger partial charge in [-0.1, -0.05) is 48.0 Å². The lowest BCUT2D eigenvalue weighted by atomic mass is 10.1. The van der Waals surface area contributed by atoms with Crippen molar-refractivity contribution in [1.29, 1.82) is 0 Å². The number of nitrogens with zero attached hydrogens (tertiary/aromatic N) is 1. The molecule has 0 aliphatic heterocycles. The van der Waals surface area contributed by atoms with E-state index in [0.717, 1.165) is 33.8 Å². The molecule has 23 heavy (non-hydrogen) atoms. The maximum Gasteiger partial charge on any atom is 0.417 e. The maximum atomic E-state index is 12.6. The van der Waals surface area contributed by atoms with Crippen LogP contribution in [0, 0.1) is 0 Å². The van der Waals surface area contributed by atoms with Crippen molar-refractivity contribution in [2.24, 2.45) is 0 Å². The van der Waals surface area contributed by atoms with Gasteiger partial charge in [-0.2, -0.15) is 13.2 Å². The predicted octanol–water partition coefficient (Wildman–Crippen LogP) is 5.99. The molecule has 0 amide bonds. The van der Waals surface area contributed by atoms with Crippen LogP contribution in [0.3, 0.4) is 0 Å². The summed E-state index contributed by atoms with van der Waals surface area (Å²) < 4.78 is 43.1. The van der Waals surface area contributed by atoms with Crippen molar-refractivity contribution < 1.29 is 17.4 Å². The van der Waals surface area contributed by atoms with E-state index in [1.54, 1.807) is 0 Å². The molecule has 0 fully saturated rings. The molecule has 1 aromatic heterocycles. The van der Waals surface area contributed by atoms with Crippen molar-refractivity contribution in [2.75, 3.05) is 0 Å². The van der Waals surface area contributed by atoms with Crippen molar-refractivity contribution in [3.63, 3.8) is 0 Å². The van der Waals surface area contributed by atoms with Crippen LogP contribution < -0.4 is 4.18 Å². The van der Waals surface area contributed by atoms with Gasteiger partial charge in [-0.3, -0.25) is 0 Å². The summed E-state index contributed by atoms with van der Waals surface area (Å²) in [6.07, 6.45) is -3.79. The zero-order valence-electron chi connectivity index (χ0n) is 11.5. The number of benzene rings is 2. The largest absolute Gasteiger partial charge is 0.417 e. The smallest absolute Gasteiger partial charge is 0.399 e. The molecule has 0 radical (unpaired) electrons. The minimum atomic E-state index is -4.49. The molecule has 0 atom stereocenters. The van der Waals surface area contributed by atoms with E-state index in [4.69, 9.17) is 15.8 Å². The second-order valence-electron chi connectivity index (χ2n) is 4.65. The molecule has 7 heteroatoms. The second kappa shape index (κ2) is 6.29. The molecule has 0 aliphatic rings. The fourth-order valence-electron chi connectivity index (χ4n) is 1.99. The van der Waals surface area contributed by atoms with E-state index in [1.165, 1.54) is 0 Å². The number of fused-ring (bicyclic) bond motifs is 1. The van der Waals surface area contributed by atoms with Gasteiger partial charge in [-0.25, -0.2) is 4.98 Å². The van der Waals surface area contributed by atoms with Gasteiger partial charge < -0.3 is 4.18 Å². The molecule has 0 bridgehead atoms. The molecule has 0 aliphatic carbocycles. The molecule has 0 saturated heterocycles. The summed E-state index contributed by atoms with van der Waals surface area (Å²) in [5.41, 5.74) is -0.912. The zero-order chi connectivity index (χ0) is 16.4. The summed E-state index contributed by atoms with van der Waals surface area (Å²) in [5, 5.41) is 1.82. The first-order valence-electron chi connectivity index (χ1n) is 6.50. The first kappa shape index (κ1) is 16.0. The molecule has 0 unspecified atom stereocenters. The normalized spacial score (nSPS) is 11.7. The number of halogens is 4. The van der Waals surface area contributed by atoms with Gasteiger partial charge in [0.1, 0.15) is 5.02 Å². The number of aromatic nitrogens is 1. The molecule has 2 nitrogen and oxygen atoms in total. The van der Waals surface area contributed by atoms with Crippen LogP contribution >= 0.6 is 23.6 Å². The highest BCUT2D eigenvalue weighted by Crippen LogP contribution is 2.36. The lowest BCUT2D eigenvalue weighted by molar-refractivity contribution is -0.137. The Morgan fingerprint density at radius 3 is 2.52 bits per heavy atom. The lowest BCUT2D eigenvalue weighted by Crippen LogP contribution is -2.05. The first-order chi connectivity index (χ1) is 10.9. The molecule has 2 aromatic carbocycles. The van der Waals surface area contributed by atoms with Gasteiger partial charge in [0.25, 0.3) is 0 Å². The topological polar surface area (TPSA) is 22.1 Å². The van der Waals surface area contributed by atoms with Crippen LogP contribution in [0.15, 0.2) is 59.6 Å². The number of rotatable bonds is 3. The van der Waals surface area contributed by atoms with E-state index in [9.17, 15) is 13.2 Å². The van der Waals surface area contributed by atoms with E-state index in [0.29, 0.717) is 6.20 Å². The highest BCUT2D eigenvalue weighted by molar-refractivity contribution is 7.95. The van der Waals surface area contributed by atoms with Crippen molar-refractivity contribution in [1.82, 2.24) is 4.98 Å². The SMILES string of the molecule is FC(F)(F)c1cnc(OSc2cccc3ccccc23)c(Cl)c1. The van der Waals surface area contributed by atoms with E-state index in [2.05, 4.69) is 4.98 Å². The molecular formula is C16H9ClF3NOS. The Hall–Kier alpha value is -1.92. The Bertz CT molecular complexity index is 849. The van der Waals surface area contributed by atoms with Crippen molar-refractivity contribution in [3.8, 4) is 5.88 Å². The Morgan fingerprint density at radius 1 is 1.04 bits per heavy atom. The van der Waals surface area contributed by atoms with E-state index in [1.807, 2.05) is 42.5 Å². The summed E-state index contributed by atoms with van der Waals surface area (Å²) in [4.78, 5) is 4.47. The lowest BCUT2D eigenvalue weighted by Gasteiger charge is -2.10. The standard InChI is InChI=1S/C16H9ClF3NOS/c17-13-8-11(16(18,19)20)9-21-15(13)22-23-14-7-3-5-10-4-1-2-6-12(10)14/h1-9H. The average Bonchev–Trinajstić information content (AvgIpc) is 2.53. The Labute approximate surface area is 139 Å². The maximum absolute atomic E-state index is 12.6. The summed E-state index contributed by atoms with van der Waals surface area (Å²) >= 11 is 6.82. The van der Waals surface area contributed by atoms with Gasteiger partial charge in [-0.05, 0) is 22.9 Å². The van der Waals surface area contributed by atoms with Crippen LogP contribution in [0.25, 0.3) is 10.8 Å². The first-order valence-corrected chi connectivity index (χ1v) is 7.62. The fraction of sp³-hybridized carbons (Fsp3) is 0.0625. The van der Waals surface area contributed by atoms with Gasteiger partial charge in [-0.15, -0.1) is 0 Å². The Morgan fingerprint density at radius 2 is 1.78 bits per heavy atom. The number of hydrogen-bond donors (Lipinski definition) is 0. The Kier molecular flexibility index (Phi) is 4.37. The van der Waals surface area contributed by atoms with E-state index < -0.39 is 11.7 Å². The second-order valence-corrected chi connectivity index (χ2v) is 5.83. The van der Waals surface area contributed by atoms with Crippen molar-refractivity contribution in [3.05, 3.63) is 65.3 Å². The van der Waals surface area contributed by atoms with Gasteiger partial charge in [0.2, 0.25) is 5.88 Å². The van der Waals surface area contributed by atoms with Crippen LogP contribution in [0.1, 0.15) is 5.56 Å². The average molecular weight is 356 g/mol. The van der Waals surface area contributed by atoms with Gasteiger partial charge in [0.15, 0.2) is 0 Å². The highest BCUT2D eigenvalue weighted by Gasteiger charge is 2.31. The third kappa shape index (κ3) is 3.54. The number of pyridine rings is 1. The quantitative estimate of drug-likeness (QED) is 0.538. The summed E-state index contributed by atoms with van der Waals surface area (Å²) in [6.45, 7) is 0. The molecular weight excluding hydrogens is 347 g/mol. The minimum Gasteiger partial charge on any atom is -0.399 e. The summed E-state index contributed by atoms with van der Waals surface area (Å²) in [6, 6.07) is 14.2. The monoisotopic (exact) mass is 355 g/mol. The van der Waals surface area contributed by atoms with Crippen molar-refractivity contribution >= 4 is 34.4 Å². The predicted molar refractivity (Wildman–Crippen MR) is 84.7 cm³/mol. The third-order valence-corrected chi connectivity index (χ3v) is 4.14. The van der Waals surface area contributed by atoms with E-state index >= 15 is 0 Å². The zero-order valence-corrected chi connectivity index (χ0v) is 13.0. The molecule has 0 saturated carbocycles. The molecule has 3 rings (SSSR count). The van der Waals surface area contributed by atoms with Gasteiger partial charge >= 0.3 is 6.18 Å². The van der Waals surface area contributed by atoms with Crippen LogP contribution in [-0.2, 0) is 6.18 Å². The summed E-state index contributed by atoms with van der Waals surface area (Å²) in [5.74, 6) is -0.0578. The van der Waals surface area contributed by atoms with Gasteiger partial charge in [0, 0.05) is 6.20 Å². The molecule has 0 spiro atoms. The molecule has 118 valence electrons. The van der Waals surface area contributed by atoms with Gasteiger partial charge in [0.05, 0.1) is 22.5 Å².